The Morgan fingerprint density at radius 2 is 2.00 bits per heavy atom. The first-order valence-electron chi connectivity index (χ1n) is 5.72. The van der Waals surface area contributed by atoms with Crippen LogP contribution in [0.15, 0.2) is 29.3 Å². The summed E-state index contributed by atoms with van der Waals surface area (Å²) in [6.45, 7) is 1.60. The summed E-state index contributed by atoms with van der Waals surface area (Å²) in [6.07, 6.45) is 2.08. The smallest absolute Gasteiger partial charge is 0.191 e. The van der Waals surface area contributed by atoms with E-state index in [0.717, 1.165) is 23.8 Å². The SMILES string of the molecule is CN=C(NCCSC)NCc1ccc(C#N)cc1.I. The number of benzene rings is 1. The lowest BCUT2D eigenvalue weighted by Gasteiger charge is -2.11. The van der Waals surface area contributed by atoms with Crippen molar-refractivity contribution in [3.8, 4) is 6.07 Å². The van der Waals surface area contributed by atoms with E-state index in [1.165, 1.54) is 0 Å². The Labute approximate surface area is 136 Å². The molecule has 0 atom stereocenters. The molecule has 0 fully saturated rings. The van der Waals surface area contributed by atoms with Gasteiger partial charge in [0.25, 0.3) is 0 Å². The van der Waals surface area contributed by atoms with Gasteiger partial charge >= 0.3 is 0 Å². The number of hydrogen-bond acceptors (Lipinski definition) is 3. The van der Waals surface area contributed by atoms with E-state index in [9.17, 15) is 0 Å². The van der Waals surface area contributed by atoms with Crippen LogP contribution in [-0.4, -0.2) is 31.6 Å². The molecule has 0 saturated heterocycles. The van der Waals surface area contributed by atoms with Gasteiger partial charge in [0.15, 0.2) is 5.96 Å². The van der Waals surface area contributed by atoms with Gasteiger partial charge < -0.3 is 10.6 Å². The predicted octanol–water partition coefficient (Wildman–Crippen LogP) is 2.20. The highest BCUT2D eigenvalue weighted by molar-refractivity contribution is 14.0. The van der Waals surface area contributed by atoms with E-state index in [1.54, 1.807) is 18.8 Å². The van der Waals surface area contributed by atoms with Gasteiger partial charge in [-0.25, -0.2) is 0 Å². The van der Waals surface area contributed by atoms with E-state index in [-0.39, 0.29) is 24.0 Å². The van der Waals surface area contributed by atoms with Crippen LogP contribution < -0.4 is 10.6 Å². The molecule has 0 aromatic heterocycles. The van der Waals surface area contributed by atoms with Gasteiger partial charge in [0.2, 0.25) is 0 Å². The summed E-state index contributed by atoms with van der Waals surface area (Å²) >= 11 is 1.80. The fourth-order valence-corrected chi connectivity index (χ4v) is 1.68. The maximum absolute atomic E-state index is 8.71. The molecule has 0 saturated carbocycles. The fraction of sp³-hybridized carbons (Fsp3) is 0.385. The number of rotatable bonds is 5. The number of nitriles is 1. The van der Waals surface area contributed by atoms with Crippen molar-refractivity contribution in [3.63, 3.8) is 0 Å². The third-order valence-electron chi connectivity index (χ3n) is 2.37. The molecule has 0 unspecified atom stereocenters. The van der Waals surface area contributed by atoms with Crippen LogP contribution in [0.3, 0.4) is 0 Å². The minimum Gasteiger partial charge on any atom is -0.356 e. The summed E-state index contributed by atoms with van der Waals surface area (Å²) in [7, 11) is 1.76. The Morgan fingerprint density at radius 3 is 2.53 bits per heavy atom. The zero-order chi connectivity index (χ0) is 13.2. The van der Waals surface area contributed by atoms with Gasteiger partial charge in [-0.05, 0) is 24.0 Å². The molecule has 19 heavy (non-hydrogen) atoms. The number of thioether (sulfide) groups is 1. The number of nitrogens with zero attached hydrogens (tertiary/aromatic N) is 2. The van der Waals surface area contributed by atoms with Crippen LogP contribution >= 0.6 is 35.7 Å². The summed E-state index contributed by atoms with van der Waals surface area (Å²) in [4.78, 5) is 4.14. The second-order valence-corrected chi connectivity index (χ2v) is 4.64. The van der Waals surface area contributed by atoms with Crippen molar-refractivity contribution in [3.05, 3.63) is 35.4 Å². The van der Waals surface area contributed by atoms with Gasteiger partial charge in [0.05, 0.1) is 11.6 Å². The van der Waals surface area contributed by atoms with E-state index in [4.69, 9.17) is 5.26 Å². The Morgan fingerprint density at radius 1 is 1.32 bits per heavy atom. The average Bonchev–Trinajstić information content (AvgIpc) is 2.43. The summed E-state index contributed by atoms with van der Waals surface area (Å²) in [5, 5.41) is 15.2. The van der Waals surface area contributed by atoms with Gasteiger partial charge in [-0.2, -0.15) is 17.0 Å². The molecular formula is C13H19IN4S. The topological polar surface area (TPSA) is 60.2 Å². The quantitative estimate of drug-likeness (QED) is 0.350. The van der Waals surface area contributed by atoms with Crippen LogP contribution in [0.1, 0.15) is 11.1 Å². The number of halogens is 1. The highest BCUT2D eigenvalue weighted by Gasteiger charge is 1.98. The van der Waals surface area contributed by atoms with Crippen LogP contribution in [-0.2, 0) is 6.54 Å². The van der Waals surface area contributed by atoms with Crippen molar-refractivity contribution in [2.75, 3.05) is 25.6 Å². The van der Waals surface area contributed by atoms with Gasteiger partial charge in [0.1, 0.15) is 0 Å². The molecule has 0 bridgehead atoms. The molecule has 1 aromatic carbocycles. The van der Waals surface area contributed by atoms with E-state index < -0.39 is 0 Å². The largest absolute Gasteiger partial charge is 0.356 e. The Hall–Kier alpha value is -0.940. The highest BCUT2D eigenvalue weighted by Crippen LogP contribution is 2.02. The minimum atomic E-state index is 0. The minimum absolute atomic E-state index is 0. The van der Waals surface area contributed by atoms with Crippen molar-refractivity contribution in [1.29, 1.82) is 5.26 Å². The second kappa shape index (κ2) is 10.9. The molecule has 104 valence electrons. The summed E-state index contributed by atoms with van der Waals surface area (Å²) in [5.74, 6) is 1.85. The molecule has 4 nitrogen and oxygen atoms in total. The summed E-state index contributed by atoms with van der Waals surface area (Å²) in [5.41, 5.74) is 1.81. The average molecular weight is 390 g/mol. The second-order valence-electron chi connectivity index (χ2n) is 3.65. The first-order valence-corrected chi connectivity index (χ1v) is 7.12. The molecule has 0 aliphatic heterocycles. The Kier molecular flexibility index (Phi) is 10.4. The molecule has 2 N–H and O–H groups in total. The van der Waals surface area contributed by atoms with E-state index >= 15 is 0 Å². The van der Waals surface area contributed by atoms with Crippen molar-refractivity contribution >= 4 is 41.7 Å². The first kappa shape index (κ1) is 18.1. The summed E-state index contributed by atoms with van der Waals surface area (Å²) in [6, 6.07) is 9.64. The molecule has 0 amide bonds. The van der Waals surface area contributed by atoms with E-state index in [2.05, 4.69) is 28.0 Å². The molecule has 0 heterocycles. The van der Waals surface area contributed by atoms with Crippen molar-refractivity contribution in [1.82, 2.24) is 10.6 Å². The first-order chi connectivity index (χ1) is 8.80. The normalized spacial score (nSPS) is 10.3. The molecule has 0 aliphatic carbocycles. The summed E-state index contributed by atoms with van der Waals surface area (Å²) < 4.78 is 0. The number of hydrogen-bond donors (Lipinski definition) is 2. The van der Waals surface area contributed by atoms with Crippen LogP contribution in [0, 0.1) is 11.3 Å². The number of aliphatic imine (C=N–C) groups is 1. The fourth-order valence-electron chi connectivity index (χ4n) is 1.38. The maximum Gasteiger partial charge on any atom is 0.191 e. The highest BCUT2D eigenvalue weighted by atomic mass is 127. The third kappa shape index (κ3) is 7.28. The van der Waals surface area contributed by atoms with Crippen LogP contribution in [0.5, 0.6) is 0 Å². The molecule has 0 spiro atoms. The van der Waals surface area contributed by atoms with Crippen LogP contribution in [0.25, 0.3) is 0 Å². The Bertz CT molecular complexity index is 425. The van der Waals surface area contributed by atoms with E-state index in [0.29, 0.717) is 12.1 Å². The lowest BCUT2D eigenvalue weighted by molar-refractivity contribution is 0.833. The van der Waals surface area contributed by atoms with Gasteiger partial charge in [-0.15, -0.1) is 24.0 Å². The van der Waals surface area contributed by atoms with Gasteiger partial charge in [-0.3, -0.25) is 4.99 Å². The molecule has 6 heteroatoms. The van der Waals surface area contributed by atoms with Gasteiger partial charge in [0, 0.05) is 25.9 Å². The molecule has 1 rings (SSSR count). The van der Waals surface area contributed by atoms with Gasteiger partial charge in [-0.1, -0.05) is 12.1 Å². The zero-order valence-corrected chi connectivity index (χ0v) is 14.3. The monoisotopic (exact) mass is 390 g/mol. The standard InChI is InChI=1S/C13H18N4S.HI/c1-15-13(16-7-8-18-2)17-10-12-5-3-11(9-14)4-6-12;/h3-6H,7-8,10H2,1-2H3,(H2,15,16,17);1H. The van der Waals surface area contributed by atoms with Crippen LogP contribution in [0.2, 0.25) is 0 Å². The molecule has 0 aliphatic rings. The lowest BCUT2D eigenvalue weighted by Crippen LogP contribution is -2.37. The number of guanidine groups is 1. The van der Waals surface area contributed by atoms with E-state index in [1.807, 2.05) is 24.3 Å². The van der Waals surface area contributed by atoms with Crippen molar-refractivity contribution < 1.29 is 0 Å². The lowest BCUT2D eigenvalue weighted by atomic mass is 10.1. The number of nitrogens with one attached hydrogen (secondary N) is 2. The predicted molar refractivity (Wildman–Crippen MR) is 93.2 cm³/mol. The molecule has 1 aromatic rings. The maximum atomic E-state index is 8.71. The Balaban J connectivity index is 0.00000324. The van der Waals surface area contributed by atoms with Crippen molar-refractivity contribution in [2.24, 2.45) is 4.99 Å². The van der Waals surface area contributed by atoms with Crippen molar-refractivity contribution in [2.45, 2.75) is 6.54 Å². The molecular weight excluding hydrogens is 371 g/mol. The zero-order valence-electron chi connectivity index (χ0n) is 11.1. The third-order valence-corrected chi connectivity index (χ3v) is 2.98. The van der Waals surface area contributed by atoms with Crippen LogP contribution in [0.4, 0.5) is 0 Å². The molecule has 0 radical (unpaired) electrons.